The van der Waals surface area contributed by atoms with Crippen molar-refractivity contribution in [2.75, 3.05) is 35.0 Å². The molecule has 0 heterocycles. The Morgan fingerprint density at radius 2 is 1.60 bits per heavy atom. The van der Waals surface area contributed by atoms with E-state index in [1.54, 1.807) is 46.4 Å². The fourth-order valence-electron chi connectivity index (χ4n) is 1.55. The van der Waals surface area contributed by atoms with Crippen LogP contribution < -0.4 is 19.5 Å². The lowest BCUT2D eigenvalue weighted by atomic mass is 10.1. The number of methoxy groups -OCH3 is 3. The maximum atomic E-state index is 11.7. The van der Waals surface area contributed by atoms with Gasteiger partial charge in [-0.25, -0.2) is 4.79 Å². The van der Waals surface area contributed by atoms with Gasteiger partial charge in [0.25, 0.3) is 0 Å². The largest absolute Gasteiger partial charge is 0.496 e. The molecule has 0 saturated carbocycles. The average Bonchev–Trinajstić information content (AvgIpc) is 2.51. The van der Waals surface area contributed by atoms with E-state index in [2.05, 4.69) is 5.32 Å². The SMILES string of the molecule is CNC(C)(COc1cc(OC)cc(OC)c1)C(=O)OC. The molecular weight excluding hydrogens is 262 g/mol. The van der Waals surface area contributed by atoms with Gasteiger partial charge in [0, 0.05) is 18.2 Å². The zero-order valence-electron chi connectivity index (χ0n) is 12.5. The van der Waals surface area contributed by atoms with Crippen molar-refractivity contribution in [2.45, 2.75) is 12.5 Å². The van der Waals surface area contributed by atoms with Crippen molar-refractivity contribution in [3.63, 3.8) is 0 Å². The van der Waals surface area contributed by atoms with E-state index in [1.807, 2.05) is 0 Å². The summed E-state index contributed by atoms with van der Waals surface area (Å²) in [7, 11) is 6.13. The predicted molar refractivity (Wildman–Crippen MR) is 74.5 cm³/mol. The Labute approximate surface area is 119 Å². The maximum Gasteiger partial charge on any atom is 0.329 e. The molecule has 1 atom stereocenters. The van der Waals surface area contributed by atoms with Gasteiger partial charge >= 0.3 is 5.97 Å². The summed E-state index contributed by atoms with van der Waals surface area (Å²) < 4.78 is 20.7. The fraction of sp³-hybridized carbons (Fsp3) is 0.500. The normalized spacial score (nSPS) is 13.2. The van der Waals surface area contributed by atoms with Gasteiger partial charge in [-0.15, -0.1) is 0 Å². The highest BCUT2D eigenvalue weighted by atomic mass is 16.5. The molecule has 1 aromatic carbocycles. The summed E-state index contributed by atoms with van der Waals surface area (Å²) in [5, 5.41) is 2.89. The molecule has 0 saturated heterocycles. The van der Waals surface area contributed by atoms with Gasteiger partial charge in [0.15, 0.2) is 0 Å². The molecular formula is C14H21NO5. The quantitative estimate of drug-likeness (QED) is 0.759. The zero-order chi connectivity index (χ0) is 15.2. The smallest absolute Gasteiger partial charge is 0.329 e. The highest BCUT2D eigenvalue weighted by molar-refractivity contribution is 5.80. The summed E-state index contributed by atoms with van der Waals surface area (Å²) in [6, 6.07) is 5.18. The second-order valence-electron chi connectivity index (χ2n) is 4.41. The Morgan fingerprint density at radius 3 is 2.00 bits per heavy atom. The van der Waals surface area contributed by atoms with Crippen LogP contribution in [0.5, 0.6) is 17.2 Å². The number of nitrogens with one attached hydrogen (secondary N) is 1. The van der Waals surface area contributed by atoms with Gasteiger partial charge in [-0.3, -0.25) is 0 Å². The number of hydrogen-bond donors (Lipinski definition) is 1. The van der Waals surface area contributed by atoms with Gasteiger partial charge < -0.3 is 24.3 Å². The highest BCUT2D eigenvalue weighted by Crippen LogP contribution is 2.27. The topological polar surface area (TPSA) is 66.0 Å². The molecule has 1 aromatic rings. The van der Waals surface area contributed by atoms with Crippen molar-refractivity contribution in [3.8, 4) is 17.2 Å². The molecule has 0 radical (unpaired) electrons. The number of likely N-dealkylation sites (N-methyl/N-ethyl adjacent to an activating group) is 1. The number of benzene rings is 1. The van der Waals surface area contributed by atoms with E-state index in [-0.39, 0.29) is 6.61 Å². The van der Waals surface area contributed by atoms with Gasteiger partial charge in [-0.1, -0.05) is 0 Å². The summed E-state index contributed by atoms with van der Waals surface area (Å²) >= 11 is 0. The van der Waals surface area contributed by atoms with Crippen LogP contribution in [0.25, 0.3) is 0 Å². The minimum absolute atomic E-state index is 0.118. The molecule has 20 heavy (non-hydrogen) atoms. The van der Waals surface area contributed by atoms with Gasteiger partial charge in [0.2, 0.25) is 0 Å². The first-order chi connectivity index (χ1) is 9.48. The molecule has 6 nitrogen and oxygen atoms in total. The Kier molecular flexibility index (Phi) is 5.64. The van der Waals surface area contributed by atoms with E-state index in [4.69, 9.17) is 18.9 Å². The number of rotatable bonds is 7. The third-order valence-corrected chi connectivity index (χ3v) is 3.04. The molecule has 1 unspecified atom stereocenters. The Bertz CT molecular complexity index is 441. The van der Waals surface area contributed by atoms with Crippen LogP contribution in [0.2, 0.25) is 0 Å². The second kappa shape index (κ2) is 7.00. The standard InChI is InChI=1S/C14H21NO5/c1-14(15-2,13(16)19-5)9-20-12-7-10(17-3)6-11(8-12)18-4/h6-8,15H,9H2,1-5H3. The monoisotopic (exact) mass is 283 g/mol. The predicted octanol–water partition coefficient (Wildman–Crippen LogP) is 1.23. The maximum absolute atomic E-state index is 11.7. The van der Waals surface area contributed by atoms with Crippen LogP contribution in [-0.4, -0.2) is 46.5 Å². The van der Waals surface area contributed by atoms with E-state index >= 15 is 0 Å². The van der Waals surface area contributed by atoms with Crippen LogP contribution in [-0.2, 0) is 9.53 Å². The van der Waals surface area contributed by atoms with Crippen molar-refractivity contribution in [3.05, 3.63) is 18.2 Å². The van der Waals surface area contributed by atoms with Crippen LogP contribution in [0.3, 0.4) is 0 Å². The van der Waals surface area contributed by atoms with Crippen molar-refractivity contribution >= 4 is 5.97 Å². The lowest BCUT2D eigenvalue weighted by Crippen LogP contribution is -2.52. The number of esters is 1. The molecule has 1 N–H and O–H groups in total. The molecule has 0 amide bonds. The van der Waals surface area contributed by atoms with Crippen LogP contribution >= 0.6 is 0 Å². The minimum Gasteiger partial charge on any atom is -0.496 e. The van der Waals surface area contributed by atoms with Gasteiger partial charge in [-0.05, 0) is 14.0 Å². The Hall–Kier alpha value is -1.95. The van der Waals surface area contributed by atoms with Crippen molar-refractivity contribution in [2.24, 2.45) is 0 Å². The first-order valence-corrected chi connectivity index (χ1v) is 6.12. The average molecular weight is 283 g/mol. The summed E-state index contributed by atoms with van der Waals surface area (Å²) in [6.07, 6.45) is 0. The van der Waals surface area contributed by atoms with E-state index in [9.17, 15) is 4.79 Å². The zero-order valence-corrected chi connectivity index (χ0v) is 12.5. The van der Waals surface area contributed by atoms with E-state index < -0.39 is 11.5 Å². The lowest BCUT2D eigenvalue weighted by Gasteiger charge is -2.26. The minimum atomic E-state index is -0.926. The van der Waals surface area contributed by atoms with Crippen LogP contribution in [0.1, 0.15) is 6.92 Å². The lowest BCUT2D eigenvalue weighted by molar-refractivity contribution is -0.148. The van der Waals surface area contributed by atoms with Crippen molar-refractivity contribution in [1.82, 2.24) is 5.32 Å². The number of hydrogen-bond acceptors (Lipinski definition) is 6. The molecule has 1 rings (SSSR count). The van der Waals surface area contributed by atoms with Gasteiger partial charge in [-0.2, -0.15) is 0 Å². The van der Waals surface area contributed by atoms with Crippen molar-refractivity contribution < 1.29 is 23.7 Å². The first-order valence-electron chi connectivity index (χ1n) is 6.12. The summed E-state index contributed by atoms with van der Waals surface area (Å²) in [4.78, 5) is 11.7. The summed E-state index contributed by atoms with van der Waals surface area (Å²) in [5.41, 5.74) is -0.926. The van der Waals surface area contributed by atoms with Crippen LogP contribution in [0.4, 0.5) is 0 Å². The van der Waals surface area contributed by atoms with E-state index in [0.29, 0.717) is 17.2 Å². The molecule has 0 aromatic heterocycles. The molecule has 0 aliphatic carbocycles. The second-order valence-corrected chi connectivity index (χ2v) is 4.41. The molecule has 112 valence electrons. The van der Waals surface area contributed by atoms with Gasteiger partial charge in [0.05, 0.1) is 21.3 Å². The number of ether oxygens (including phenoxy) is 4. The molecule has 0 aliphatic rings. The Morgan fingerprint density at radius 1 is 1.10 bits per heavy atom. The molecule has 0 fully saturated rings. The molecule has 0 aliphatic heterocycles. The molecule has 0 bridgehead atoms. The summed E-state index contributed by atoms with van der Waals surface area (Å²) in [5.74, 6) is 1.38. The van der Waals surface area contributed by atoms with E-state index in [0.717, 1.165) is 0 Å². The van der Waals surface area contributed by atoms with Crippen LogP contribution in [0.15, 0.2) is 18.2 Å². The third-order valence-electron chi connectivity index (χ3n) is 3.04. The number of carbonyl (C=O) groups excluding carboxylic acids is 1. The Balaban J connectivity index is 2.85. The third kappa shape index (κ3) is 3.77. The summed E-state index contributed by atoms with van der Waals surface area (Å²) in [6.45, 7) is 1.82. The number of carbonyl (C=O) groups is 1. The molecule has 6 heteroatoms. The molecule has 0 spiro atoms. The van der Waals surface area contributed by atoms with Crippen molar-refractivity contribution in [1.29, 1.82) is 0 Å². The highest BCUT2D eigenvalue weighted by Gasteiger charge is 2.33. The van der Waals surface area contributed by atoms with E-state index in [1.165, 1.54) is 7.11 Å². The van der Waals surface area contributed by atoms with Gasteiger partial charge in [0.1, 0.15) is 29.4 Å². The first kappa shape index (κ1) is 16.1. The van der Waals surface area contributed by atoms with Crippen LogP contribution in [0, 0.1) is 0 Å². The fourth-order valence-corrected chi connectivity index (χ4v) is 1.55.